The van der Waals surface area contributed by atoms with Gasteiger partial charge in [0, 0.05) is 5.25 Å². The highest BCUT2D eigenvalue weighted by molar-refractivity contribution is 7.99. The number of nitriles is 1. The van der Waals surface area contributed by atoms with Crippen LogP contribution in [0.2, 0.25) is 0 Å². The Morgan fingerprint density at radius 3 is 3.00 bits per heavy atom. The number of oxazole rings is 1. The van der Waals surface area contributed by atoms with E-state index in [0.717, 1.165) is 18.5 Å². The van der Waals surface area contributed by atoms with Crippen molar-refractivity contribution in [1.82, 2.24) is 4.98 Å². The zero-order valence-electron chi connectivity index (χ0n) is 8.77. The molecule has 0 amide bonds. The normalized spacial score (nSPS) is 26.1. The average Bonchev–Trinajstić information content (AvgIpc) is 2.65. The molecule has 1 aliphatic carbocycles. The quantitative estimate of drug-likeness (QED) is 0.771. The van der Waals surface area contributed by atoms with Gasteiger partial charge in [-0.25, -0.2) is 4.98 Å². The second-order valence-corrected chi connectivity index (χ2v) is 5.12. The fourth-order valence-electron chi connectivity index (χ4n) is 1.90. The Hall–Kier alpha value is -0.950. The van der Waals surface area contributed by atoms with Gasteiger partial charge in [-0.3, -0.25) is 0 Å². The van der Waals surface area contributed by atoms with Crippen LogP contribution in [-0.2, 0) is 0 Å². The van der Waals surface area contributed by atoms with Gasteiger partial charge in [-0.2, -0.15) is 5.26 Å². The van der Waals surface area contributed by atoms with E-state index >= 15 is 0 Å². The zero-order chi connectivity index (χ0) is 10.7. The molecule has 0 aromatic carbocycles. The molecule has 15 heavy (non-hydrogen) atoms. The molecular formula is C11H14N2OS. The predicted molar refractivity (Wildman–Crippen MR) is 58.5 cm³/mol. The molecule has 0 aliphatic heterocycles. The summed E-state index contributed by atoms with van der Waals surface area (Å²) < 4.78 is 5.30. The van der Waals surface area contributed by atoms with Crippen LogP contribution in [0.1, 0.15) is 31.4 Å². The van der Waals surface area contributed by atoms with E-state index in [9.17, 15) is 0 Å². The molecule has 2 unspecified atom stereocenters. The second kappa shape index (κ2) is 4.71. The van der Waals surface area contributed by atoms with Gasteiger partial charge in [0.15, 0.2) is 0 Å². The fourth-order valence-corrected chi connectivity index (χ4v) is 3.11. The lowest BCUT2D eigenvalue weighted by Crippen LogP contribution is -2.20. The van der Waals surface area contributed by atoms with Crippen LogP contribution in [0.15, 0.2) is 15.9 Å². The highest BCUT2D eigenvalue weighted by atomic mass is 32.2. The van der Waals surface area contributed by atoms with Crippen molar-refractivity contribution >= 4 is 11.8 Å². The minimum atomic E-state index is 0.163. The van der Waals surface area contributed by atoms with Crippen LogP contribution in [0, 0.1) is 24.2 Å². The highest BCUT2D eigenvalue weighted by Gasteiger charge is 2.27. The summed E-state index contributed by atoms with van der Waals surface area (Å²) in [4.78, 5) is 4.26. The SMILES string of the molecule is Cc1coc(SC2CCCCC2C#N)n1. The first-order valence-electron chi connectivity index (χ1n) is 5.28. The molecule has 0 saturated heterocycles. The lowest BCUT2D eigenvalue weighted by Gasteiger charge is -2.24. The molecule has 1 fully saturated rings. The number of thioether (sulfide) groups is 1. The van der Waals surface area contributed by atoms with Crippen molar-refractivity contribution in [1.29, 1.82) is 5.26 Å². The molecule has 0 radical (unpaired) electrons. The predicted octanol–water partition coefficient (Wildman–Crippen LogP) is 3.16. The molecule has 1 heterocycles. The molecule has 0 spiro atoms. The van der Waals surface area contributed by atoms with Crippen molar-refractivity contribution in [3.63, 3.8) is 0 Å². The molecule has 1 aromatic rings. The molecule has 2 atom stereocenters. The summed E-state index contributed by atoms with van der Waals surface area (Å²) in [5.74, 6) is 0.163. The first kappa shape index (κ1) is 10.6. The maximum absolute atomic E-state index is 9.03. The monoisotopic (exact) mass is 222 g/mol. The summed E-state index contributed by atoms with van der Waals surface area (Å²) in [5.41, 5.74) is 0.904. The van der Waals surface area contributed by atoms with Crippen LogP contribution in [-0.4, -0.2) is 10.2 Å². The van der Waals surface area contributed by atoms with Gasteiger partial charge in [-0.15, -0.1) is 0 Å². The molecular weight excluding hydrogens is 208 g/mol. The first-order valence-corrected chi connectivity index (χ1v) is 6.16. The summed E-state index contributed by atoms with van der Waals surface area (Å²) in [6.45, 7) is 1.91. The van der Waals surface area contributed by atoms with Crippen LogP contribution in [0.4, 0.5) is 0 Å². The second-order valence-electron chi connectivity index (χ2n) is 3.93. The van der Waals surface area contributed by atoms with Gasteiger partial charge in [-0.1, -0.05) is 24.6 Å². The third-order valence-corrected chi connectivity index (χ3v) is 3.97. The van der Waals surface area contributed by atoms with Crippen LogP contribution >= 0.6 is 11.8 Å². The average molecular weight is 222 g/mol. The Kier molecular flexibility index (Phi) is 3.32. The fraction of sp³-hybridized carbons (Fsp3) is 0.636. The van der Waals surface area contributed by atoms with E-state index in [4.69, 9.17) is 9.68 Å². The van der Waals surface area contributed by atoms with Crippen molar-refractivity contribution in [2.24, 2.45) is 5.92 Å². The maximum atomic E-state index is 9.03. The Morgan fingerprint density at radius 1 is 1.53 bits per heavy atom. The first-order chi connectivity index (χ1) is 7.29. The zero-order valence-corrected chi connectivity index (χ0v) is 9.59. The van der Waals surface area contributed by atoms with E-state index in [-0.39, 0.29) is 5.92 Å². The van der Waals surface area contributed by atoms with Crippen LogP contribution in [0.3, 0.4) is 0 Å². The van der Waals surface area contributed by atoms with Crippen molar-refractivity contribution in [2.75, 3.05) is 0 Å². The smallest absolute Gasteiger partial charge is 0.256 e. The van der Waals surface area contributed by atoms with Gasteiger partial charge in [0.2, 0.25) is 0 Å². The number of nitrogens with zero attached hydrogens (tertiary/aromatic N) is 2. The van der Waals surface area contributed by atoms with Gasteiger partial charge in [-0.05, 0) is 19.8 Å². The summed E-state index contributed by atoms with van der Waals surface area (Å²) in [7, 11) is 0. The number of aryl methyl sites for hydroxylation is 1. The van der Waals surface area contributed by atoms with E-state index in [1.807, 2.05) is 6.92 Å². The van der Waals surface area contributed by atoms with Gasteiger partial charge >= 0.3 is 0 Å². The van der Waals surface area contributed by atoms with Gasteiger partial charge in [0.25, 0.3) is 5.22 Å². The summed E-state index contributed by atoms with van der Waals surface area (Å²) in [6.07, 6.45) is 6.18. The third-order valence-electron chi connectivity index (χ3n) is 2.72. The summed E-state index contributed by atoms with van der Waals surface area (Å²) >= 11 is 1.62. The number of hydrogen-bond donors (Lipinski definition) is 0. The van der Waals surface area contributed by atoms with E-state index < -0.39 is 0 Å². The van der Waals surface area contributed by atoms with Crippen molar-refractivity contribution in [3.8, 4) is 6.07 Å². The molecule has 0 bridgehead atoms. The van der Waals surface area contributed by atoms with Crippen molar-refractivity contribution in [3.05, 3.63) is 12.0 Å². The van der Waals surface area contributed by atoms with Gasteiger partial charge in [0.05, 0.1) is 17.7 Å². The Bertz CT molecular complexity index is 369. The highest BCUT2D eigenvalue weighted by Crippen LogP contribution is 2.36. The summed E-state index contributed by atoms with van der Waals surface area (Å²) in [5, 5.41) is 10.1. The molecule has 4 heteroatoms. The molecule has 1 saturated carbocycles. The lowest BCUT2D eigenvalue weighted by molar-refractivity contribution is 0.424. The minimum Gasteiger partial charge on any atom is -0.440 e. The lowest BCUT2D eigenvalue weighted by atomic mass is 9.90. The summed E-state index contributed by atoms with van der Waals surface area (Å²) in [6, 6.07) is 2.39. The Labute approximate surface area is 93.9 Å². The van der Waals surface area contributed by atoms with Crippen molar-refractivity contribution < 1.29 is 4.42 Å². The molecule has 80 valence electrons. The molecule has 3 nitrogen and oxygen atoms in total. The number of aromatic nitrogens is 1. The largest absolute Gasteiger partial charge is 0.440 e. The topological polar surface area (TPSA) is 49.8 Å². The maximum Gasteiger partial charge on any atom is 0.256 e. The number of hydrogen-bond acceptors (Lipinski definition) is 4. The molecule has 2 rings (SSSR count). The molecule has 1 aliphatic rings. The van der Waals surface area contributed by atoms with Gasteiger partial charge < -0.3 is 4.42 Å². The van der Waals surface area contributed by atoms with Crippen LogP contribution in [0.5, 0.6) is 0 Å². The standard InChI is InChI=1S/C11H14N2OS/c1-8-7-14-11(13-8)15-10-5-3-2-4-9(10)6-12/h7,9-10H,2-5H2,1H3. The van der Waals surface area contributed by atoms with E-state index in [1.165, 1.54) is 12.8 Å². The molecule has 1 aromatic heterocycles. The van der Waals surface area contributed by atoms with E-state index in [2.05, 4.69) is 11.1 Å². The van der Waals surface area contributed by atoms with E-state index in [1.54, 1.807) is 18.0 Å². The van der Waals surface area contributed by atoms with Crippen molar-refractivity contribution in [2.45, 2.75) is 43.1 Å². The number of rotatable bonds is 2. The van der Waals surface area contributed by atoms with Crippen LogP contribution in [0.25, 0.3) is 0 Å². The van der Waals surface area contributed by atoms with Crippen LogP contribution < -0.4 is 0 Å². The van der Waals surface area contributed by atoms with E-state index in [0.29, 0.717) is 10.5 Å². The Morgan fingerprint density at radius 2 is 2.33 bits per heavy atom. The Balaban J connectivity index is 2.01. The minimum absolute atomic E-state index is 0.163. The molecule has 0 N–H and O–H groups in total. The third kappa shape index (κ3) is 2.54. The van der Waals surface area contributed by atoms with Gasteiger partial charge in [0.1, 0.15) is 6.26 Å².